The van der Waals surface area contributed by atoms with Gasteiger partial charge in [-0.2, -0.15) is 0 Å². The maximum Gasteiger partial charge on any atom is 0.250 e. The van der Waals surface area contributed by atoms with Gasteiger partial charge >= 0.3 is 0 Å². The maximum atomic E-state index is 10.4. The molecule has 78 valence electrons. The number of amides is 2. The zero-order valence-corrected chi connectivity index (χ0v) is 9.39. The summed E-state index contributed by atoms with van der Waals surface area (Å²) in [7, 11) is 3.51. The van der Waals surface area contributed by atoms with Gasteiger partial charge in [0, 0.05) is 20.5 Å². The number of carbonyl (C=O) groups excluding carboxylic acids is 2. The van der Waals surface area contributed by atoms with Crippen LogP contribution in [0.3, 0.4) is 0 Å². The van der Waals surface area contributed by atoms with Crippen molar-refractivity contribution in [3.05, 3.63) is 0 Å². The van der Waals surface area contributed by atoms with Crippen LogP contribution in [0, 0.1) is 0 Å². The molecule has 0 aliphatic carbocycles. The number of halogens is 2. The first-order chi connectivity index (χ1) is 5.82. The Morgan fingerprint density at radius 2 is 1.69 bits per heavy atom. The first-order valence-corrected chi connectivity index (χ1v) is 4.47. The van der Waals surface area contributed by atoms with E-state index in [2.05, 4.69) is 5.73 Å². The molecule has 0 atom stereocenters. The molecule has 6 heteroatoms. The molecule has 0 saturated carbocycles. The molecule has 0 spiro atoms. The molecular weight excluding hydrogens is 215 g/mol. The van der Waals surface area contributed by atoms with E-state index >= 15 is 0 Å². The van der Waals surface area contributed by atoms with E-state index in [1.165, 1.54) is 0 Å². The predicted octanol–water partition coefficient (Wildman–Crippen LogP) is 0.760. The van der Waals surface area contributed by atoms with Gasteiger partial charge in [-0.05, 0) is 0 Å². The predicted molar refractivity (Wildman–Crippen MR) is 53.7 cm³/mol. The lowest BCUT2D eigenvalue weighted by molar-refractivity contribution is -0.128. The van der Waals surface area contributed by atoms with E-state index in [0.29, 0.717) is 6.42 Å². The van der Waals surface area contributed by atoms with Gasteiger partial charge in [-0.25, -0.2) is 0 Å². The van der Waals surface area contributed by atoms with Crippen LogP contribution in [0.1, 0.15) is 13.3 Å². The van der Waals surface area contributed by atoms with Gasteiger partial charge in [0.1, 0.15) is 0 Å². The van der Waals surface area contributed by atoms with Crippen molar-refractivity contribution >= 4 is 35.0 Å². The molecule has 0 aliphatic rings. The van der Waals surface area contributed by atoms with Gasteiger partial charge in [0.2, 0.25) is 5.91 Å². The zero-order chi connectivity index (χ0) is 11.0. The summed E-state index contributed by atoms with van der Waals surface area (Å²) in [6.07, 6.45) is 0.604. The minimum Gasteiger partial charge on any atom is -0.367 e. The Morgan fingerprint density at radius 1 is 1.38 bits per heavy atom. The minimum absolute atomic E-state index is 0.181. The Kier molecular flexibility index (Phi) is 9.39. The van der Waals surface area contributed by atoms with Crippen LogP contribution >= 0.6 is 23.2 Å². The smallest absolute Gasteiger partial charge is 0.250 e. The van der Waals surface area contributed by atoms with Crippen molar-refractivity contribution in [3.8, 4) is 0 Å². The summed E-state index contributed by atoms with van der Waals surface area (Å²) in [5.74, 6) is -0.529. The summed E-state index contributed by atoms with van der Waals surface area (Å²) in [4.78, 5) is 20.6. The monoisotopic (exact) mass is 228 g/mol. The van der Waals surface area contributed by atoms with Crippen LogP contribution in [0.5, 0.6) is 0 Å². The molecule has 0 aromatic carbocycles. The second-order valence-corrected chi connectivity index (χ2v) is 3.44. The van der Waals surface area contributed by atoms with Crippen LogP contribution in [0.2, 0.25) is 0 Å². The standard InChI is InChI=1S/C5H11NO.C2H3Cl2NO/c1-4-5(7)6(2)3;3-1(4)2(5)6/h4H2,1-3H3;1H,(H2,5,6). The topological polar surface area (TPSA) is 63.4 Å². The van der Waals surface area contributed by atoms with E-state index in [1.54, 1.807) is 19.0 Å². The molecule has 0 aliphatic heterocycles. The lowest BCUT2D eigenvalue weighted by atomic mass is 10.4. The van der Waals surface area contributed by atoms with Crippen LogP contribution in [0.4, 0.5) is 0 Å². The van der Waals surface area contributed by atoms with Crippen LogP contribution < -0.4 is 5.73 Å². The molecule has 0 aromatic rings. The van der Waals surface area contributed by atoms with Crippen LogP contribution in [-0.4, -0.2) is 35.6 Å². The van der Waals surface area contributed by atoms with Gasteiger partial charge in [-0.15, -0.1) is 0 Å². The van der Waals surface area contributed by atoms with Crippen LogP contribution in [0.25, 0.3) is 0 Å². The maximum absolute atomic E-state index is 10.4. The molecule has 0 fully saturated rings. The van der Waals surface area contributed by atoms with Gasteiger partial charge in [0.15, 0.2) is 4.84 Å². The normalized spacial score (nSPS) is 8.77. The van der Waals surface area contributed by atoms with Crippen molar-refractivity contribution in [2.45, 2.75) is 18.2 Å². The summed E-state index contributed by atoms with van der Waals surface area (Å²) in [6.45, 7) is 1.85. The molecule has 0 bridgehead atoms. The van der Waals surface area contributed by atoms with Gasteiger partial charge in [-0.1, -0.05) is 30.1 Å². The minimum atomic E-state index is -1.06. The van der Waals surface area contributed by atoms with E-state index in [0.717, 1.165) is 0 Å². The molecule has 4 nitrogen and oxygen atoms in total. The molecule has 2 amide bonds. The first kappa shape index (κ1) is 15.0. The fourth-order valence-corrected chi connectivity index (χ4v) is 0.316. The first-order valence-electron chi connectivity index (χ1n) is 3.60. The third kappa shape index (κ3) is 11.5. The van der Waals surface area contributed by atoms with Crippen LogP contribution in [0.15, 0.2) is 0 Å². The quantitative estimate of drug-likeness (QED) is 0.710. The Bertz CT molecular complexity index is 172. The summed E-state index contributed by atoms with van der Waals surface area (Å²) in [6, 6.07) is 0. The number of hydrogen-bond acceptors (Lipinski definition) is 2. The highest BCUT2D eigenvalue weighted by molar-refractivity contribution is 6.53. The Hall–Kier alpha value is -0.480. The molecule has 2 N–H and O–H groups in total. The van der Waals surface area contributed by atoms with E-state index < -0.39 is 10.7 Å². The van der Waals surface area contributed by atoms with Gasteiger partial charge < -0.3 is 10.6 Å². The number of nitrogens with two attached hydrogens (primary N) is 1. The molecule has 0 rings (SSSR count). The fourth-order valence-electron chi connectivity index (χ4n) is 0.316. The summed E-state index contributed by atoms with van der Waals surface area (Å²) < 4.78 is 0. The van der Waals surface area contributed by atoms with Gasteiger partial charge in [0.05, 0.1) is 0 Å². The van der Waals surface area contributed by atoms with Crippen molar-refractivity contribution in [2.75, 3.05) is 14.1 Å². The lowest BCUT2D eigenvalue weighted by Crippen LogP contribution is -2.19. The zero-order valence-electron chi connectivity index (χ0n) is 7.88. The fraction of sp³-hybridized carbons (Fsp3) is 0.714. The number of primary amides is 1. The molecule has 13 heavy (non-hydrogen) atoms. The molecule has 0 aromatic heterocycles. The highest BCUT2D eigenvalue weighted by Gasteiger charge is 2.02. The van der Waals surface area contributed by atoms with Crippen molar-refractivity contribution in [2.24, 2.45) is 5.73 Å². The van der Waals surface area contributed by atoms with E-state index in [9.17, 15) is 9.59 Å². The summed E-state index contributed by atoms with van der Waals surface area (Å²) in [5.41, 5.74) is 4.53. The number of alkyl halides is 2. The summed E-state index contributed by atoms with van der Waals surface area (Å²) >= 11 is 9.81. The number of hydrogen-bond donors (Lipinski definition) is 1. The molecule has 0 saturated heterocycles. The second-order valence-electron chi connectivity index (χ2n) is 2.34. The number of rotatable bonds is 2. The van der Waals surface area contributed by atoms with Crippen molar-refractivity contribution < 1.29 is 9.59 Å². The van der Waals surface area contributed by atoms with Crippen molar-refractivity contribution in [3.63, 3.8) is 0 Å². The lowest BCUT2D eigenvalue weighted by Gasteiger charge is -2.05. The van der Waals surface area contributed by atoms with E-state index in [4.69, 9.17) is 23.2 Å². The SMILES string of the molecule is CCC(=O)N(C)C.NC(=O)C(Cl)Cl. The van der Waals surface area contributed by atoms with Gasteiger partial charge in [-0.3, -0.25) is 9.59 Å². The van der Waals surface area contributed by atoms with Crippen molar-refractivity contribution in [1.29, 1.82) is 0 Å². The summed E-state index contributed by atoms with van der Waals surface area (Å²) in [5, 5.41) is 0. The average molecular weight is 229 g/mol. The average Bonchev–Trinajstić information content (AvgIpc) is 2.03. The van der Waals surface area contributed by atoms with Crippen LogP contribution in [-0.2, 0) is 9.59 Å². The van der Waals surface area contributed by atoms with E-state index in [1.807, 2.05) is 6.92 Å². The van der Waals surface area contributed by atoms with E-state index in [-0.39, 0.29) is 5.91 Å². The third-order valence-electron chi connectivity index (χ3n) is 1.02. The largest absolute Gasteiger partial charge is 0.367 e. The second kappa shape index (κ2) is 8.13. The van der Waals surface area contributed by atoms with Gasteiger partial charge in [0.25, 0.3) is 5.91 Å². The molecule has 0 heterocycles. The number of carbonyl (C=O) groups is 2. The highest BCUT2D eigenvalue weighted by atomic mass is 35.5. The number of nitrogens with zero attached hydrogens (tertiary/aromatic N) is 1. The Balaban J connectivity index is 0. The molecule has 0 radical (unpaired) electrons. The Morgan fingerprint density at radius 3 is 1.69 bits per heavy atom. The molecular formula is C7H14Cl2N2O2. The third-order valence-corrected chi connectivity index (χ3v) is 1.45. The Labute approximate surface area is 88.0 Å². The molecule has 0 unspecified atom stereocenters. The van der Waals surface area contributed by atoms with Crippen molar-refractivity contribution in [1.82, 2.24) is 4.90 Å². The highest BCUT2D eigenvalue weighted by Crippen LogP contribution is 1.97.